The molecule has 0 bridgehead atoms. The minimum atomic E-state index is 0.539. The molecular formula is C15H25N. The Bertz CT molecular complexity index is 276. The van der Waals surface area contributed by atoms with E-state index in [1.54, 1.807) is 0 Å². The van der Waals surface area contributed by atoms with Crippen LogP contribution in [0, 0.1) is 6.92 Å². The van der Waals surface area contributed by atoms with Crippen molar-refractivity contribution in [2.24, 2.45) is 0 Å². The molecule has 1 unspecified atom stereocenters. The number of rotatable bonds is 7. The fourth-order valence-corrected chi connectivity index (χ4v) is 2.03. The van der Waals surface area contributed by atoms with E-state index in [9.17, 15) is 0 Å². The van der Waals surface area contributed by atoms with Gasteiger partial charge in [0.1, 0.15) is 0 Å². The van der Waals surface area contributed by atoms with Gasteiger partial charge >= 0.3 is 0 Å². The third-order valence-electron chi connectivity index (χ3n) is 3.03. The molecule has 0 fully saturated rings. The van der Waals surface area contributed by atoms with E-state index < -0.39 is 0 Å². The molecule has 0 spiro atoms. The standard InChI is InChI=1S/C15H25N/c1-4-6-7-8-15(16-5-2)14-11-9-13(3)10-12-14/h9-12,15-16H,4-8H2,1-3H3. The van der Waals surface area contributed by atoms with Gasteiger partial charge in [-0.3, -0.25) is 0 Å². The highest BCUT2D eigenvalue weighted by Gasteiger charge is 2.08. The van der Waals surface area contributed by atoms with Gasteiger partial charge in [0, 0.05) is 6.04 Å². The van der Waals surface area contributed by atoms with Crippen LogP contribution >= 0.6 is 0 Å². The highest BCUT2D eigenvalue weighted by Crippen LogP contribution is 2.20. The molecule has 0 saturated carbocycles. The molecule has 0 aliphatic heterocycles. The summed E-state index contributed by atoms with van der Waals surface area (Å²) in [7, 11) is 0. The summed E-state index contributed by atoms with van der Waals surface area (Å²) in [6, 6.07) is 9.47. The van der Waals surface area contributed by atoms with Crippen LogP contribution in [0.25, 0.3) is 0 Å². The molecular weight excluding hydrogens is 194 g/mol. The number of hydrogen-bond donors (Lipinski definition) is 1. The number of unbranched alkanes of at least 4 members (excludes halogenated alkanes) is 2. The molecule has 1 atom stereocenters. The van der Waals surface area contributed by atoms with Crippen LogP contribution in [0.2, 0.25) is 0 Å². The largest absolute Gasteiger partial charge is 0.310 e. The summed E-state index contributed by atoms with van der Waals surface area (Å²) >= 11 is 0. The van der Waals surface area contributed by atoms with E-state index in [1.165, 1.54) is 36.8 Å². The zero-order valence-corrected chi connectivity index (χ0v) is 10.9. The molecule has 1 heteroatoms. The summed E-state index contributed by atoms with van der Waals surface area (Å²) in [5, 5.41) is 3.58. The SMILES string of the molecule is CCCCCC(NCC)c1ccc(C)cc1. The molecule has 0 heterocycles. The van der Waals surface area contributed by atoms with Crippen molar-refractivity contribution in [1.82, 2.24) is 5.32 Å². The van der Waals surface area contributed by atoms with E-state index in [0.29, 0.717) is 6.04 Å². The lowest BCUT2D eigenvalue weighted by Crippen LogP contribution is -2.20. The molecule has 0 radical (unpaired) electrons. The van der Waals surface area contributed by atoms with Crippen molar-refractivity contribution >= 4 is 0 Å². The van der Waals surface area contributed by atoms with Crippen molar-refractivity contribution in [2.45, 2.75) is 52.5 Å². The summed E-state index contributed by atoms with van der Waals surface area (Å²) in [5.41, 5.74) is 2.77. The van der Waals surface area contributed by atoms with E-state index >= 15 is 0 Å². The molecule has 16 heavy (non-hydrogen) atoms. The zero-order chi connectivity index (χ0) is 11.8. The molecule has 1 nitrogen and oxygen atoms in total. The van der Waals surface area contributed by atoms with Gasteiger partial charge in [-0.1, -0.05) is 62.9 Å². The molecule has 1 aromatic rings. The molecule has 1 N–H and O–H groups in total. The van der Waals surface area contributed by atoms with E-state index in [4.69, 9.17) is 0 Å². The molecule has 0 amide bonds. The van der Waals surface area contributed by atoms with Gasteiger partial charge in [-0.15, -0.1) is 0 Å². The molecule has 0 saturated heterocycles. The Balaban J connectivity index is 2.57. The fourth-order valence-electron chi connectivity index (χ4n) is 2.03. The van der Waals surface area contributed by atoms with Crippen molar-refractivity contribution < 1.29 is 0 Å². The maximum absolute atomic E-state index is 3.58. The number of benzene rings is 1. The first kappa shape index (κ1) is 13.2. The fraction of sp³-hybridized carbons (Fsp3) is 0.600. The van der Waals surface area contributed by atoms with Gasteiger partial charge in [0.2, 0.25) is 0 Å². The predicted octanol–water partition coefficient (Wildman–Crippen LogP) is 4.23. The average Bonchev–Trinajstić information content (AvgIpc) is 2.29. The van der Waals surface area contributed by atoms with Gasteiger partial charge in [0.15, 0.2) is 0 Å². The number of aryl methyl sites for hydroxylation is 1. The Morgan fingerprint density at radius 2 is 1.75 bits per heavy atom. The normalized spacial score (nSPS) is 12.7. The second kappa shape index (κ2) is 7.45. The predicted molar refractivity (Wildman–Crippen MR) is 71.7 cm³/mol. The van der Waals surface area contributed by atoms with Crippen molar-refractivity contribution in [1.29, 1.82) is 0 Å². The Morgan fingerprint density at radius 1 is 1.06 bits per heavy atom. The lowest BCUT2D eigenvalue weighted by Gasteiger charge is -2.18. The third-order valence-corrected chi connectivity index (χ3v) is 3.03. The van der Waals surface area contributed by atoms with Crippen LogP contribution in [0.1, 0.15) is 56.7 Å². The highest BCUT2D eigenvalue weighted by molar-refractivity contribution is 5.24. The summed E-state index contributed by atoms with van der Waals surface area (Å²) in [5.74, 6) is 0. The van der Waals surface area contributed by atoms with Crippen LogP contribution in [0.3, 0.4) is 0 Å². The molecule has 90 valence electrons. The summed E-state index contributed by atoms with van der Waals surface area (Å²) in [6.45, 7) is 7.63. The second-order valence-corrected chi connectivity index (χ2v) is 4.52. The molecule has 1 rings (SSSR count). The van der Waals surface area contributed by atoms with E-state index in [1.807, 2.05) is 0 Å². The second-order valence-electron chi connectivity index (χ2n) is 4.52. The quantitative estimate of drug-likeness (QED) is 0.677. The maximum atomic E-state index is 3.58. The van der Waals surface area contributed by atoms with Crippen LogP contribution in [-0.4, -0.2) is 6.54 Å². The topological polar surface area (TPSA) is 12.0 Å². The van der Waals surface area contributed by atoms with Crippen molar-refractivity contribution in [2.75, 3.05) is 6.54 Å². The summed E-state index contributed by atoms with van der Waals surface area (Å²) in [6.07, 6.45) is 5.22. The molecule has 1 aromatic carbocycles. The number of nitrogens with one attached hydrogen (secondary N) is 1. The maximum Gasteiger partial charge on any atom is 0.0320 e. The minimum Gasteiger partial charge on any atom is -0.310 e. The first-order chi connectivity index (χ1) is 7.77. The van der Waals surface area contributed by atoms with Crippen LogP contribution < -0.4 is 5.32 Å². The van der Waals surface area contributed by atoms with Crippen molar-refractivity contribution in [3.8, 4) is 0 Å². The smallest absolute Gasteiger partial charge is 0.0320 e. The van der Waals surface area contributed by atoms with E-state index in [2.05, 4.69) is 50.4 Å². The Morgan fingerprint density at radius 3 is 2.31 bits per heavy atom. The first-order valence-electron chi connectivity index (χ1n) is 6.57. The Labute approximate surface area is 100 Å². The molecule has 0 aromatic heterocycles. The van der Waals surface area contributed by atoms with Gasteiger partial charge in [0.05, 0.1) is 0 Å². The van der Waals surface area contributed by atoms with Crippen LogP contribution in [0.5, 0.6) is 0 Å². The number of hydrogen-bond acceptors (Lipinski definition) is 1. The van der Waals surface area contributed by atoms with Gasteiger partial charge in [-0.05, 0) is 25.5 Å². The average molecular weight is 219 g/mol. The van der Waals surface area contributed by atoms with Gasteiger partial charge in [-0.2, -0.15) is 0 Å². The summed E-state index contributed by atoms with van der Waals surface area (Å²) in [4.78, 5) is 0. The lowest BCUT2D eigenvalue weighted by molar-refractivity contribution is 0.486. The Hall–Kier alpha value is -0.820. The zero-order valence-electron chi connectivity index (χ0n) is 10.9. The minimum absolute atomic E-state index is 0.539. The Kier molecular flexibility index (Phi) is 6.17. The van der Waals surface area contributed by atoms with Crippen LogP contribution in [0.4, 0.5) is 0 Å². The third kappa shape index (κ3) is 4.36. The monoisotopic (exact) mass is 219 g/mol. The van der Waals surface area contributed by atoms with Crippen molar-refractivity contribution in [3.05, 3.63) is 35.4 Å². The molecule has 0 aliphatic carbocycles. The van der Waals surface area contributed by atoms with Crippen LogP contribution in [0.15, 0.2) is 24.3 Å². The van der Waals surface area contributed by atoms with Crippen LogP contribution in [-0.2, 0) is 0 Å². The highest BCUT2D eigenvalue weighted by atomic mass is 14.9. The van der Waals surface area contributed by atoms with Gasteiger partial charge in [-0.25, -0.2) is 0 Å². The first-order valence-corrected chi connectivity index (χ1v) is 6.57. The van der Waals surface area contributed by atoms with E-state index in [0.717, 1.165) is 6.54 Å². The van der Waals surface area contributed by atoms with Crippen molar-refractivity contribution in [3.63, 3.8) is 0 Å². The van der Waals surface area contributed by atoms with Gasteiger partial charge in [0.25, 0.3) is 0 Å². The summed E-state index contributed by atoms with van der Waals surface area (Å²) < 4.78 is 0. The molecule has 0 aliphatic rings. The lowest BCUT2D eigenvalue weighted by atomic mass is 9.99. The van der Waals surface area contributed by atoms with E-state index in [-0.39, 0.29) is 0 Å². The van der Waals surface area contributed by atoms with Gasteiger partial charge < -0.3 is 5.32 Å².